The summed E-state index contributed by atoms with van der Waals surface area (Å²) in [5.74, 6) is 1.84. The Hall–Kier alpha value is -2.89. The first kappa shape index (κ1) is 16.6. The molecule has 6 nitrogen and oxygen atoms in total. The van der Waals surface area contributed by atoms with Gasteiger partial charge in [-0.3, -0.25) is 4.79 Å². The van der Waals surface area contributed by atoms with Gasteiger partial charge in [-0.1, -0.05) is 0 Å². The van der Waals surface area contributed by atoms with E-state index in [-0.39, 0.29) is 11.8 Å². The molecule has 1 atom stereocenters. The molecule has 1 aliphatic heterocycles. The van der Waals surface area contributed by atoms with Gasteiger partial charge in [-0.05, 0) is 44.0 Å². The van der Waals surface area contributed by atoms with Crippen molar-refractivity contribution < 1.29 is 9.53 Å². The number of rotatable bonds is 3. The predicted octanol–water partition coefficient (Wildman–Crippen LogP) is 3.29. The van der Waals surface area contributed by atoms with Crippen molar-refractivity contribution in [1.29, 1.82) is 0 Å². The zero-order valence-corrected chi connectivity index (χ0v) is 15.0. The molecule has 1 N–H and O–H groups in total. The van der Waals surface area contributed by atoms with Gasteiger partial charge in [0.15, 0.2) is 0 Å². The Labute approximate surface area is 152 Å². The van der Waals surface area contributed by atoms with E-state index in [4.69, 9.17) is 4.74 Å². The van der Waals surface area contributed by atoms with Gasteiger partial charge in [-0.2, -0.15) is 0 Å². The molecular weight excluding hydrogens is 328 g/mol. The van der Waals surface area contributed by atoms with Crippen molar-refractivity contribution in [1.82, 2.24) is 19.9 Å². The minimum atomic E-state index is 0.0555. The van der Waals surface area contributed by atoms with E-state index in [1.165, 1.54) is 0 Å². The van der Waals surface area contributed by atoms with Crippen LogP contribution in [0.3, 0.4) is 0 Å². The summed E-state index contributed by atoms with van der Waals surface area (Å²) in [6.45, 7) is 3.36. The maximum Gasteiger partial charge on any atom is 0.256 e. The zero-order valence-electron chi connectivity index (χ0n) is 15.0. The van der Waals surface area contributed by atoms with Gasteiger partial charge < -0.3 is 14.6 Å². The number of carbonyl (C=O) groups is 1. The van der Waals surface area contributed by atoms with E-state index in [0.29, 0.717) is 12.1 Å². The number of nitrogens with one attached hydrogen (secondary N) is 1. The van der Waals surface area contributed by atoms with Crippen molar-refractivity contribution in [2.45, 2.75) is 25.7 Å². The Kier molecular flexibility index (Phi) is 4.32. The summed E-state index contributed by atoms with van der Waals surface area (Å²) in [5.41, 5.74) is 2.66. The fourth-order valence-electron chi connectivity index (χ4n) is 3.68. The second kappa shape index (κ2) is 6.78. The Balaban J connectivity index is 1.60. The van der Waals surface area contributed by atoms with Crippen LogP contribution in [0.15, 0.2) is 36.7 Å². The molecule has 1 fully saturated rings. The van der Waals surface area contributed by atoms with Crippen molar-refractivity contribution in [2.24, 2.45) is 0 Å². The van der Waals surface area contributed by atoms with Crippen LogP contribution in [0.4, 0.5) is 0 Å². The summed E-state index contributed by atoms with van der Waals surface area (Å²) in [4.78, 5) is 27.0. The number of nitrogens with zero attached hydrogens (tertiary/aromatic N) is 3. The van der Waals surface area contributed by atoms with Crippen LogP contribution in [0.25, 0.3) is 10.9 Å². The molecule has 134 valence electrons. The number of likely N-dealkylation sites (tertiary alicyclic amines) is 1. The lowest BCUT2D eigenvalue weighted by molar-refractivity contribution is 0.0708. The van der Waals surface area contributed by atoms with E-state index in [0.717, 1.165) is 47.6 Å². The number of hydrogen-bond acceptors (Lipinski definition) is 4. The zero-order chi connectivity index (χ0) is 18.1. The Morgan fingerprint density at radius 1 is 1.35 bits per heavy atom. The van der Waals surface area contributed by atoms with Crippen molar-refractivity contribution in [2.75, 3.05) is 20.2 Å². The summed E-state index contributed by atoms with van der Waals surface area (Å²) in [5, 5.41) is 0.898. The molecule has 0 spiro atoms. The number of aryl methyl sites for hydroxylation is 1. The van der Waals surface area contributed by atoms with Crippen molar-refractivity contribution >= 4 is 16.8 Å². The van der Waals surface area contributed by atoms with Crippen molar-refractivity contribution in [3.05, 3.63) is 53.7 Å². The van der Waals surface area contributed by atoms with Crippen molar-refractivity contribution in [3.8, 4) is 5.75 Å². The molecule has 1 aromatic carbocycles. The normalized spacial score (nSPS) is 17.5. The van der Waals surface area contributed by atoms with E-state index < -0.39 is 0 Å². The number of methoxy groups -OCH3 is 1. The molecule has 3 heterocycles. The largest absolute Gasteiger partial charge is 0.497 e. The van der Waals surface area contributed by atoms with E-state index in [1.54, 1.807) is 19.5 Å². The van der Waals surface area contributed by atoms with E-state index in [2.05, 4.69) is 15.0 Å². The number of amides is 1. The molecule has 0 saturated carbocycles. The third-order valence-electron chi connectivity index (χ3n) is 5.04. The Morgan fingerprint density at radius 3 is 3.04 bits per heavy atom. The van der Waals surface area contributed by atoms with Gasteiger partial charge in [0.05, 0.1) is 12.7 Å². The van der Waals surface area contributed by atoms with Crippen LogP contribution in [0, 0.1) is 6.92 Å². The number of ether oxygens (including phenoxy) is 1. The number of hydrogen-bond donors (Lipinski definition) is 1. The SMILES string of the molecule is COc1ccc2[nH]cc(C(=O)N3CCCC(c4ccnc(C)n4)C3)c2c1. The number of H-pyrrole nitrogens is 1. The second-order valence-electron chi connectivity index (χ2n) is 6.73. The maximum atomic E-state index is 13.2. The summed E-state index contributed by atoms with van der Waals surface area (Å²) in [6.07, 6.45) is 5.61. The lowest BCUT2D eigenvalue weighted by Crippen LogP contribution is -2.39. The van der Waals surface area contributed by atoms with Gasteiger partial charge in [-0.25, -0.2) is 9.97 Å². The van der Waals surface area contributed by atoms with Gasteiger partial charge in [-0.15, -0.1) is 0 Å². The predicted molar refractivity (Wildman–Crippen MR) is 99.5 cm³/mol. The molecule has 1 unspecified atom stereocenters. The topological polar surface area (TPSA) is 71.1 Å². The smallest absolute Gasteiger partial charge is 0.256 e. The lowest BCUT2D eigenvalue weighted by Gasteiger charge is -2.32. The third-order valence-corrected chi connectivity index (χ3v) is 5.04. The molecule has 0 bridgehead atoms. The lowest BCUT2D eigenvalue weighted by atomic mass is 9.94. The molecule has 6 heteroatoms. The molecule has 3 aromatic rings. The van der Waals surface area contributed by atoms with Gasteiger partial charge >= 0.3 is 0 Å². The number of aromatic nitrogens is 3. The standard InChI is InChI=1S/C20H22N4O2/c1-13-21-8-7-18(23-13)14-4-3-9-24(12-14)20(25)17-11-22-19-6-5-15(26-2)10-16(17)19/h5-8,10-11,14,22H,3-4,9,12H2,1-2H3. The first-order valence-electron chi connectivity index (χ1n) is 8.89. The van der Waals surface area contributed by atoms with Crippen LogP contribution < -0.4 is 4.74 Å². The highest BCUT2D eigenvalue weighted by Gasteiger charge is 2.27. The van der Waals surface area contributed by atoms with E-state index in [1.807, 2.05) is 36.1 Å². The monoisotopic (exact) mass is 350 g/mol. The minimum absolute atomic E-state index is 0.0555. The average molecular weight is 350 g/mol. The van der Waals surface area contributed by atoms with Gasteiger partial charge in [0.2, 0.25) is 0 Å². The van der Waals surface area contributed by atoms with Crippen LogP contribution in [-0.4, -0.2) is 46.0 Å². The highest BCUT2D eigenvalue weighted by atomic mass is 16.5. The number of fused-ring (bicyclic) bond motifs is 1. The first-order chi connectivity index (χ1) is 12.7. The number of piperidine rings is 1. The van der Waals surface area contributed by atoms with Crippen molar-refractivity contribution in [3.63, 3.8) is 0 Å². The molecule has 26 heavy (non-hydrogen) atoms. The fourth-order valence-corrected chi connectivity index (χ4v) is 3.68. The van der Waals surface area contributed by atoms with Crippen LogP contribution in [0.5, 0.6) is 5.75 Å². The van der Waals surface area contributed by atoms with Crippen LogP contribution in [-0.2, 0) is 0 Å². The van der Waals surface area contributed by atoms with E-state index in [9.17, 15) is 4.79 Å². The molecule has 1 saturated heterocycles. The molecule has 0 radical (unpaired) electrons. The van der Waals surface area contributed by atoms with Gasteiger partial charge in [0, 0.05) is 48.0 Å². The van der Waals surface area contributed by atoms with Gasteiger partial charge in [0.1, 0.15) is 11.6 Å². The summed E-state index contributed by atoms with van der Waals surface area (Å²) in [6, 6.07) is 7.70. The highest BCUT2D eigenvalue weighted by molar-refractivity contribution is 6.07. The second-order valence-corrected chi connectivity index (χ2v) is 6.73. The quantitative estimate of drug-likeness (QED) is 0.787. The molecule has 2 aromatic heterocycles. The molecule has 0 aliphatic carbocycles. The number of carbonyl (C=O) groups excluding carboxylic acids is 1. The number of benzene rings is 1. The van der Waals surface area contributed by atoms with E-state index >= 15 is 0 Å². The maximum absolute atomic E-state index is 13.2. The average Bonchev–Trinajstić information content (AvgIpc) is 3.10. The summed E-state index contributed by atoms with van der Waals surface area (Å²) < 4.78 is 5.31. The molecule has 1 amide bonds. The van der Waals surface area contributed by atoms with Gasteiger partial charge in [0.25, 0.3) is 5.91 Å². The summed E-state index contributed by atoms with van der Waals surface area (Å²) in [7, 11) is 1.63. The van der Waals surface area contributed by atoms with Crippen LogP contribution in [0.2, 0.25) is 0 Å². The van der Waals surface area contributed by atoms with Crippen LogP contribution in [0.1, 0.15) is 40.6 Å². The number of aromatic amines is 1. The molecule has 4 rings (SSSR count). The molecule has 1 aliphatic rings. The highest BCUT2D eigenvalue weighted by Crippen LogP contribution is 2.29. The third kappa shape index (κ3) is 3.03. The Morgan fingerprint density at radius 2 is 2.23 bits per heavy atom. The molecular formula is C20H22N4O2. The summed E-state index contributed by atoms with van der Waals surface area (Å²) >= 11 is 0. The van der Waals surface area contributed by atoms with Crippen LogP contribution >= 0.6 is 0 Å². The Bertz CT molecular complexity index is 950. The first-order valence-corrected chi connectivity index (χ1v) is 8.89. The minimum Gasteiger partial charge on any atom is -0.497 e. The fraction of sp³-hybridized carbons (Fsp3) is 0.350.